The van der Waals surface area contributed by atoms with Crippen LogP contribution < -0.4 is 5.32 Å². The van der Waals surface area contributed by atoms with Crippen molar-refractivity contribution < 1.29 is 14.3 Å². The van der Waals surface area contributed by atoms with Crippen molar-refractivity contribution in [2.75, 3.05) is 18.4 Å². The first kappa shape index (κ1) is 17.7. The van der Waals surface area contributed by atoms with E-state index in [0.717, 1.165) is 31.3 Å². The molecule has 0 radical (unpaired) electrons. The minimum Gasteiger partial charge on any atom is -0.372 e. The lowest BCUT2D eigenvalue weighted by molar-refractivity contribution is -0.144. The summed E-state index contributed by atoms with van der Waals surface area (Å²) in [5.41, 5.74) is 1.46. The molecule has 25 heavy (non-hydrogen) atoms. The Labute approximate surface area is 148 Å². The maximum atomic E-state index is 12.5. The minimum atomic E-state index is -0.0681. The van der Waals surface area contributed by atoms with Crippen LogP contribution in [-0.4, -0.2) is 51.8 Å². The highest BCUT2D eigenvalue weighted by molar-refractivity contribution is 6.03. The van der Waals surface area contributed by atoms with Crippen molar-refractivity contribution >= 4 is 17.5 Å². The Bertz CT molecular complexity index is 657. The van der Waals surface area contributed by atoms with Crippen LogP contribution in [0.15, 0.2) is 24.0 Å². The Morgan fingerprint density at radius 2 is 2.04 bits per heavy atom. The highest BCUT2D eigenvalue weighted by Gasteiger charge is 2.26. The number of aromatic nitrogens is 2. The molecule has 2 unspecified atom stereocenters. The van der Waals surface area contributed by atoms with Gasteiger partial charge in [-0.2, -0.15) is 5.10 Å². The van der Waals surface area contributed by atoms with Crippen molar-refractivity contribution in [3.63, 3.8) is 0 Å². The van der Waals surface area contributed by atoms with Gasteiger partial charge in [-0.3, -0.25) is 14.3 Å². The summed E-state index contributed by atoms with van der Waals surface area (Å²) >= 11 is 0. The van der Waals surface area contributed by atoms with Crippen molar-refractivity contribution in [3.05, 3.63) is 24.0 Å². The molecule has 0 aromatic carbocycles. The van der Waals surface area contributed by atoms with Gasteiger partial charge < -0.3 is 15.0 Å². The van der Waals surface area contributed by atoms with E-state index < -0.39 is 0 Å². The van der Waals surface area contributed by atoms with Crippen molar-refractivity contribution in [2.24, 2.45) is 0 Å². The lowest BCUT2D eigenvalue weighted by Crippen LogP contribution is -2.49. The van der Waals surface area contributed by atoms with Crippen LogP contribution in [-0.2, 0) is 20.9 Å². The standard InChI is InChI=1S/C18H26N4O3/c1-13-9-21(10-14(2)25-13)17(23)12-22-11-16(8-19-22)20-18(24)15-6-4-3-5-7-15/h6,8,11,13-14H,3-5,7,9-10,12H2,1-2H3,(H,20,24). The number of allylic oxidation sites excluding steroid dienone is 1. The van der Waals surface area contributed by atoms with Crippen LogP contribution in [0.25, 0.3) is 0 Å². The Kier molecular flexibility index (Phi) is 5.53. The molecule has 7 nitrogen and oxygen atoms in total. The smallest absolute Gasteiger partial charge is 0.251 e. The van der Waals surface area contributed by atoms with Crippen LogP contribution in [0, 0.1) is 0 Å². The molecule has 0 bridgehead atoms. The van der Waals surface area contributed by atoms with Crippen LogP contribution in [0.3, 0.4) is 0 Å². The van der Waals surface area contributed by atoms with Gasteiger partial charge in [0.25, 0.3) is 5.91 Å². The van der Waals surface area contributed by atoms with E-state index >= 15 is 0 Å². The van der Waals surface area contributed by atoms with E-state index in [9.17, 15) is 9.59 Å². The molecule has 1 saturated heterocycles. The van der Waals surface area contributed by atoms with Crippen LogP contribution >= 0.6 is 0 Å². The zero-order valence-corrected chi connectivity index (χ0v) is 14.9. The molecular formula is C18H26N4O3. The Morgan fingerprint density at radius 1 is 1.28 bits per heavy atom. The van der Waals surface area contributed by atoms with E-state index in [4.69, 9.17) is 4.74 Å². The van der Waals surface area contributed by atoms with Crippen molar-refractivity contribution in [1.29, 1.82) is 0 Å². The normalized spacial score (nSPS) is 23.9. The lowest BCUT2D eigenvalue weighted by Gasteiger charge is -2.35. The summed E-state index contributed by atoms with van der Waals surface area (Å²) in [5, 5.41) is 7.05. The lowest BCUT2D eigenvalue weighted by atomic mass is 9.99. The highest BCUT2D eigenvalue weighted by atomic mass is 16.5. The number of carbonyl (C=O) groups is 2. The van der Waals surface area contributed by atoms with Crippen LogP contribution in [0.4, 0.5) is 5.69 Å². The van der Waals surface area contributed by atoms with Gasteiger partial charge in [0, 0.05) is 24.9 Å². The van der Waals surface area contributed by atoms with Gasteiger partial charge in [-0.15, -0.1) is 0 Å². The second kappa shape index (κ2) is 7.82. The third-order valence-corrected chi connectivity index (χ3v) is 4.54. The maximum Gasteiger partial charge on any atom is 0.251 e. The molecule has 2 aliphatic rings. The first-order chi connectivity index (χ1) is 12.0. The molecule has 136 valence electrons. The largest absolute Gasteiger partial charge is 0.372 e. The van der Waals surface area contributed by atoms with Crippen molar-refractivity contribution in [1.82, 2.24) is 14.7 Å². The van der Waals surface area contributed by atoms with E-state index in [1.54, 1.807) is 17.1 Å². The molecule has 1 aliphatic carbocycles. The van der Waals surface area contributed by atoms with Gasteiger partial charge in [0.1, 0.15) is 6.54 Å². The summed E-state index contributed by atoms with van der Waals surface area (Å²) < 4.78 is 7.22. The van der Waals surface area contributed by atoms with Gasteiger partial charge >= 0.3 is 0 Å². The number of amides is 2. The van der Waals surface area contributed by atoms with Crippen molar-refractivity contribution in [2.45, 2.75) is 58.3 Å². The molecule has 0 saturated carbocycles. The van der Waals surface area contributed by atoms with Crippen LogP contribution in [0.5, 0.6) is 0 Å². The fraction of sp³-hybridized carbons (Fsp3) is 0.611. The zero-order valence-electron chi connectivity index (χ0n) is 14.9. The summed E-state index contributed by atoms with van der Waals surface area (Å²) in [4.78, 5) is 26.5. The third kappa shape index (κ3) is 4.69. The van der Waals surface area contributed by atoms with Crippen LogP contribution in [0.1, 0.15) is 39.5 Å². The minimum absolute atomic E-state index is 0.0120. The summed E-state index contributed by atoms with van der Waals surface area (Å²) in [6.07, 6.45) is 9.38. The number of carbonyl (C=O) groups excluding carboxylic acids is 2. The molecule has 1 aromatic heterocycles. The quantitative estimate of drug-likeness (QED) is 0.904. The molecule has 3 rings (SSSR count). The molecule has 2 amide bonds. The average molecular weight is 346 g/mol. The fourth-order valence-electron chi connectivity index (χ4n) is 3.39. The number of morpholine rings is 1. The van der Waals surface area contributed by atoms with Crippen LogP contribution in [0.2, 0.25) is 0 Å². The molecule has 1 N–H and O–H groups in total. The molecule has 0 spiro atoms. The van der Waals surface area contributed by atoms with E-state index in [1.165, 1.54) is 0 Å². The molecule has 1 aromatic rings. The molecule has 2 heterocycles. The van der Waals surface area contributed by atoms with Gasteiger partial charge in [0.15, 0.2) is 0 Å². The molecule has 1 aliphatic heterocycles. The van der Waals surface area contributed by atoms with Gasteiger partial charge in [-0.1, -0.05) is 6.08 Å². The number of rotatable bonds is 4. The van der Waals surface area contributed by atoms with E-state index in [-0.39, 0.29) is 30.6 Å². The molecule has 1 fully saturated rings. The average Bonchev–Trinajstić information content (AvgIpc) is 3.01. The van der Waals surface area contributed by atoms with Crippen molar-refractivity contribution in [3.8, 4) is 0 Å². The fourth-order valence-corrected chi connectivity index (χ4v) is 3.39. The monoisotopic (exact) mass is 346 g/mol. The second-order valence-electron chi connectivity index (χ2n) is 6.91. The number of nitrogens with one attached hydrogen (secondary N) is 1. The SMILES string of the molecule is CC1CN(C(=O)Cn2cc(NC(=O)C3=CCCCC3)cn2)CC(C)O1. The number of hydrogen-bond donors (Lipinski definition) is 1. The van der Waals surface area contributed by atoms with E-state index in [0.29, 0.717) is 18.8 Å². The summed E-state index contributed by atoms with van der Waals surface area (Å²) in [6.45, 7) is 5.30. The molecule has 2 atom stereocenters. The highest BCUT2D eigenvalue weighted by Crippen LogP contribution is 2.19. The van der Waals surface area contributed by atoms with E-state index in [1.807, 2.05) is 24.8 Å². The first-order valence-corrected chi connectivity index (χ1v) is 8.97. The number of hydrogen-bond acceptors (Lipinski definition) is 4. The summed E-state index contributed by atoms with van der Waals surface area (Å²) in [7, 11) is 0. The number of nitrogens with zero attached hydrogens (tertiary/aromatic N) is 3. The molecular weight excluding hydrogens is 320 g/mol. The second-order valence-corrected chi connectivity index (χ2v) is 6.91. The van der Waals surface area contributed by atoms with Gasteiger partial charge in [0.05, 0.1) is 24.1 Å². The molecule has 7 heteroatoms. The first-order valence-electron chi connectivity index (χ1n) is 8.97. The third-order valence-electron chi connectivity index (χ3n) is 4.54. The summed E-state index contributed by atoms with van der Waals surface area (Å²) in [6, 6.07) is 0. The van der Waals surface area contributed by atoms with E-state index in [2.05, 4.69) is 10.4 Å². The Morgan fingerprint density at radius 3 is 2.72 bits per heavy atom. The predicted octanol–water partition coefficient (Wildman–Crippen LogP) is 1.96. The number of ether oxygens (including phenoxy) is 1. The summed E-state index contributed by atoms with van der Waals surface area (Å²) in [5.74, 6) is -0.0561. The Balaban J connectivity index is 1.55. The van der Waals surface area contributed by atoms with Gasteiger partial charge in [-0.25, -0.2) is 0 Å². The maximum absolute atomic E-state index is 12.5. The number of anilines is 1. The predicted molar refractivity (Wildman–Crippen MR) is 94.0 cm³/mol. The van der Waals surface area contributed by atoms with Gasteiger partial charge in [-0.05, 0) is 39.5 Å². The topological polar surface area (TPSA) is 76.5 Å². The van der Waals surface area contributed by atoms with Gasteiger partial charge in [0.2, 0.25) is 5.91 Å². The zero-order chi connectivity index (χ0) is 17.8. The Hall–Kier alpha value is -2.15.